The van der Waals surface area contributed by atoms with Gasteiger partial charge in [0.1, 0.15) is 5.75 Å². The van der Waals surface area contributed by atoms with Crippen molar-refractivity contribution in [2.75, 3.05) is 5.75 Å². The lowest BCUT2D eigenvalue weighted by Crippen LogP contribution is -2.09. The predicted octanol–water partition coefficient (Wildman–Crippen LogP) is 0.0182. The molecule has 6 nitrogen and oxygen atoms in total. The second-order valence-electron chi connectivity index (χ2n) is 3.39. The Morgan fingerprint density at radius 3 is 2.56 bits per heavy atom. The van der Waals surface area contributed by atoms with Crippen molar-refractivity contribution in [3.63, 3.8) is 0 Å². The maximum atomic E-state index is 10.6. The third kappa shape index (κ3) is 3.16. The molecule has 0 aromatic carbocycles. The molecule has 3 N–H and O–H groups in total. The largest absolute Gasteiger partial charge is 0.506 e. The van der Waals surface area contributed by atoms with Crippen LogP contribution in [0.25, 0.3) is 0 Å². The number of nitrogens with zero attached hydrogens (tertiary/aromatic N) is 1. The lowest BCUT2D eigenvalue weighted by molar-refractivity contribution is 0.273. The molecule has 0 atom stereocenters. The molecule has 0 bridgehead atoms. The van der Waals surface area contributed by atoms with E-state index in [4.69, 9.17) is 9.66 Å². The zero-order valence-electron chi connectivity index (χ0n) is 8.71. The summed E-state index contributed by atoms with van der Waals surface area (Å²) in [4.78, 5) is 3.85. The first kappa shape index (κ1) is 12.9. The fourth-order valence-corrected chi connectivity index (χ4v) is 1.79. The minimum atomic E-state index is -4.06. The summed E-state index contributed by atoms with van der Waals surface area (Å²) in [5.74, 6) is -0.611. The van der Waals surface area contributed by atoms with Crippen molar-refractivity contribution in [2.24, 2.45) is 0 Å². The molecule has 0 amide bonds. The van der Waals surface area contributed by atoms with Crippen molar-refractivity contribution in [3.05, 3.63) is 23.0 Å². The van der Waals surface area contributed by atoms with Gasteiger partial charge >= 0.3 is 0 Å². The van der Waals surface area contributed by atoms with Gasteiger partial charge in [-0.2, -0.15) is 8.42 Å². The molecule has 1 aromatic heterocycles. The van der Waals surface area contributed by atoms with E-state index in [0.717, 1.165) is 0 Å². The van der Waals surface area contributed by atoms with E-state index in [-0.39, 0.29) is 17.7 Å². The summed E-state index contributed by atoms with van der Waals surface area (Å²) in [5.41, 5.74) is 1.01. The summed E-state index contributed by atoms with van der Waals surface area (Å²) in [5, 5.41) is 18.6. The molecule has 90 valence electrons. The summed E-state index contributed by atoms with van der Waals surface area (Å²) < 4.78 is 29.7. The Hall–Kier alpha value is -1.18. The van der Waals surface area contributed by atoms with Crippen molar-refractivity contribution in [2.45, 2.75) is 20.0 Å². The van der Waals surface area contributed by atoms with Crippen molar-refractivity contribution >= 4 is 10.1 Å². The number of aryl methyl sites for hydroxylation is 2. The van der Waals surface area contributed by atoms with Crippen LogP contribution in [0.2, 0.25) is 0 Å². The fourth-order valence-electron chi connectivity index (χ4n) is 1.32. The molecule has 0 radical (unpaired) electrons. The van der Waals surface area contributed by atoms with Crippen molar-refractivity contribution in [1.82, 2.24) is 4.98 Å². The number of pyridine rings is 1. The molecule has 1 heterocycles. The molecular weight excluding hydrogens is 234 g/mol. The Balaban J connectivity index is 3.01. The summed E-state index contributed by atoms with van der Waals surface area (Å²) in [6, 6.07) is 0. The molecule has 0 aliphatic heterocycles. The highest BCUT2D eigenvalue weighted by Gasteiger charge is 2.13. The molecule has 0 unspecified atom stereocenters. The molecule has 0 saturated carbocycles. The molecule has 16 heavy (non-hydrogen) atoms. The number of aromatic nitrogens is 1. The molecule has 1 rings (SSSR count). The van der Waals surface area contributed by atoms with Gasteiger partial charge < -0.3 is 10.2 Å². The Bertz CT molecular complexity index is 483. The number of aliphatic hydroxyl groups excluding tert-OH is 1. The van der Waals surface area contributed by atoms with Gasteiger partial charge in [-0.25, -0.2) is 0 Å². The van der Waals surface area contributed by atoms with Crippen LogP contribution in [0.1, 0.15) is 16.8 Å². The highest BCUT2D eigenvalue weighted by Crippen LogP contribution is 2.24. The highest BCUT2D eigenvalue weighted by molar-refractivity contribution is 7.85. The smallest absolute Gasteiger partial charge is 0.265 e. The van der Waals surface area contributed by atoms with Gasteiger partial charge in [-0.05, 0) is 18.9 Å². The van der Waals surface area contributed by atoms with Crippen LogP contribution < -0.4 is 0 Å². The van der Waals surface area contributed by atoms with Gasteiger partial charge in [0, 0.05) is 11.8 Å². The summed E-state index contributed by atoms with van der Waals surface area (Å²) in [6.07, 6.45) is 1.38. The third-order valence-corrected chi connectivity index (χ3v) is 2.94. The van der Waals surface area contributed by atoms with E-state index >= 15 is 0 Å². The average Bonchev–Trinajstić information content (AvgIpc) is 2.18. The van der Waals surface area contributed by atoms with Gasteiger partial charge in [0.25, 0.3) is 10.1 Å². The monoisotopic (exact) mass is 247 g/mol. The van der Waals surface area contributed by atoms with Crippen LogP contribution >= 0.6 is 0 Å². The van der Waals surface area contributed by atoms with E-state index in [1.54, 1.807) is 6.92 Å². The standard InChI is InChI=1S/C9H13NO5S/c1-6-9(12)8(5-11)7(4-10-6)2-3-16(13,14)15/h4,11-12H,2-3,5H2,1H3,(H,13,14,15). The molecule has 1 aromatic rings. The van der Waals surface area contributed by atoms with Gasteiger partial charge in [-0.3, -0.25) is 9.54 Å². The average molecular weight is 247 g/mol. The van der Waals surface area contributed by atoms with Crippen LogP contribution in [0.15, 0.2) is 6.20 Å². The minimum absolute atomic E-state index is 0.00440. The van der Waals surface area contributed by atoms with E-state index in [1.165, 1.54) is 6.20 Å². The summed E-state index contributed by atoms with van der Waals surface area (Å²) in [6.45, 7) is 1.16. The third-order valence-electron chi connectivity index (χ3n) is 2.22. The quantitative estimate of drug-likeness (QED) is 0.647. The molecule has 0 fully saturated rings. The topological polar surface area (TPSA) is 108 Å². The first-order chi connectivity index (χ1) is 7.35. The lowest BCUT2D eigenvalue weighted by atomic mass is 10.1. The van der Waals surface area contributed by atoms with E-state index in [0.29, 0.717) is 11.3 Å². The van der Waals surface area contributed by atoms with Crippen molar-refractivity contribution < 1.29 is 23.2 Å². The number of rotatable bonds is 4. The van der Waals surface area contributed by atoms with E-state index < -0.39 is 22.5 Å². The van der Waals surface area contributed by atoms with Crippen LogP contribution in [-0.2, 0) is 23.1 Å². The summed E-state index contributed by atoms with van der Waals surface area (Å²) >= 11 is 0. The van der Waals surface area contributed by atoms with Gasteiger partial charge in [0.2, 0.25) is 0 Å². The zero-order chi connectivity index (χ0) is 12.3. The van der Waals surface area contributed by atoms with E-state index in [1.807, 2.05) is 0 Å². The second-order valence-corrected chi connectivity index (χ2v) is 4.96. The molecule has 7 heteroatoms. The second kappa shape index (κ2) is 4.77. The van der Waals surface area contributed by atoms with Crippen molar-refractivity contribution in [1.29, 1.82) is 0 Å². The fraction of sp³-hybridized carbons (Fsp3) is 0.444. The van der Waals surface area contributed by atoms with Gasteiger partial charge in [-0.1, -0.05) is 0 Å². The predicted molar refractivity (Wildman–Crippen MR) is 56.7 cm³/mol. The maximum Gasteiger partial charge on any atom is 0.265 e. The SMILES string of the molecule is Cc1ncc(CCS(=O)(=O)O)c(CO)c1O. The highest BCUT2D eigenvalue weighted by atomic mass is 32.2. The van der Waals surface area contributed by atoms with Gasteiger partial charge in [0.05, 0.1) is 18.1 Å². The van der Waals surface area contributed by atoms with Crippen LogP contribution in [-0.4, -0.2) is 33.9 Å². The van der Waals surface area contributed by atoms with E-state index in [9.17, 15) is 13.5 Å². The first-order valence-electron chi connectivity index (χ1n) is 4.57. The van der Waals surface area contributed by atoms with E-state index in [2.05, 4.69) is 4.98 Å². The molecule has 0 aliphatic rings. The van der Waals surface area contributed by atoms with Crippen LogP contribution in [0.3, 0.4) is 0 Å². The number of aliphatic hydroxyl groups is 1. The maximum absolute atomic E-state index is 10.6. The lowest BCUT2D eigenvalue weighted by Gasteiger charge is -2.09. The van der Waals surface area contributed by atoms with Crippen molar-refractivity contribution in [3.8, 4) is 5.75 Å². The van der Waals surface area contributed by atoms with Gasteiger partial charge in [0.15, 0.2) is 0 Å². The minimum Gasteiger partial charge on any atom is -0.506 e. The molecule has 0 aliphatic carbocycles. The Labute approximate surface area is 93.3 Å². The molecular formula is C9H13NO5S. The Morgan fingerprint density at radius 1 is 1.44 bits per heavy atom. The first-order valence-corrected chi connectivity index (χ1v) is 6.18. The zero-order valence-corrected chi connectivity index (χ0v) is 9.53. The normalized spacial score (nSPS) is 11.7. The Kier molecular flexibility index (Phi) is 3.84. The Morgan fingerprint density at radius 2 is 2.06 bits per heavy atom. The molecule has 0 saturated heterocycles. The van der Waals surface area contributed by atoms with Crippen LogP contribution in [0.5, 0.6) is 5.75 Å². The van der Waals surface area contributed by atoms with Crippen LogP contribution in [0, 0.1) is 6.92 Å². The summed E-state index contributed by atoms with van der Waals surface area (Å²) in [7, 11) is -4.06. The number of aromatic hydroxyl groups is 1. The number of hydrogen-bond acceptors (Lipinski definition) is 5. The molecule has 0 spiro atoms. The number of hydrogen-bond donors (Lipinski definition) is 3. The van der Waals surface area contributed by atoms with Crippen LogP contribution in [0.4, 0.5) is 0 Å². The van der Waals surface area contributed by atoms with Gasteiger partial charge in [-0.15, -0.1) is 0 Å².